The van der Waals surface area contributed by atoms with Crippen molar-refractivity contribution in [2.24, 2.45) is 11.8 Å². The maximum absolute atomic E-state index is 5.56. The summed E-state index contributed by atoms with van der Waals surface area (Å²) in [6.45, 7) is 10.7. The highest BCUT2D eigenvalue weighted by molar-refractivity contribution is 7.98. The molecule has 0 saturated heterocycles. The average molecular weight is 268 g/mol. The highest BCUT2D eigenvalue weighted by atomic mass is 32.2. The Morgan fingerprint density at radius 2 is 1.89 bits per heavy atom. The molecule has 1 rings (SSSR count). The van der Waals surface area contributed by atoms with Crippen LogP contribution in [0.4, 0.5) is 5.82 Å². The molecule has 0 aliphatic heterocycles. The second-order valence-corrected chi connectivity index (χ2v) is 6.23. The maximum atomic E-state index is 5.56. The number of nitrogens with two attached hydrogens (primary N) is 1. The molecule has 102 valence electrons. The van der Waals surface area contributed by atoms with Gasteiger partial charge in [0.05, 0.1) is 5.75 Å². The first-order valence-electron chi connectivity index (χ1n) is 6.37. The van der Waals surface area contributed by atoms with Crippen LogP contribution in [0.15, 0.2) is 0 Å². The zero-order chi connectivity index (χ0) is 13.7. The highest BCUT2D eigenvalue weighted by Crippen LogP contribution is 2.25. The van der Waals surface area contributed by atoms with E-state index < -0.39 is 0 Å². The zero-order valence-electron chi connectivity index (χ0n) is 11.9. The number of nitrogens with zero attached hydrogens (tertiary/aromatic N) is 2. The van der Waals surface area contributed by atoms with Gasteiger partial charge in [0, 0.05) is 11.3 Å². The van der Waals surface area contributed by atoms with Crippen molar-refractivity contribution in [1.29, 1.82) is 0 Å². The summed E-state index contributed by atoms with van der Waals surface area (Å²) in [4.78, 5) is 9.07. The van der Waals surface area contributed by atoms with E-state index in [1.807, 2.05) is 18.7 Å². The van der Waals surface area contributed by atoms with Gasteiger partial charge in [0.25, 0.3) is 0 Å². The van der Waals surface area contributed by atoms with Gasteiger partial charge < -0.3 is 5.43 Å². The molecule has 0 bridgehead atoms. The molecule has 0 aliphatic carbocycles. The molecule has 0 aliphatic rings. The van der Waals surface area contributed by atoms with E-state index in [0.717, 1.165) is 34.4 Å². The van der Waals surface area contributed by atoms with Gasteiger partial charge in [-0.3, -0.25) is 0 Å². The van der Waals surface area contributed by atoms with E-state index in [-0.39, 0.29) is 0 Å². The molecule has 1 aromatic rings. The van der Waals surface area contributed by atoms with Crippen molar-refractivity contribution in [1.82, 2.24) is 9.97 Å². The lowest BCUT2D eigenvalue weighted by Crippen LogP contribution is -2.15. The summed E-state index contributed by atoms with van der Waals surface area (Å²) in [6, 6.07) is 0. The lowest BCUT2D eigenvalue weighted by atomic mass is 10.0. The number of hydrogen-bond acceptors (Lipinski definition) is 5. The van der Waals surface area contributed by atoms with E-state index in [9.17, 15) is 0 Å². The van der Waals surface area contributed by atoms with Crippen LogP contribution in [0, 0.1) is 12.8 Å². The van der Waals surface area contributed by atoms with Crippen molar-refractivity contribution in [3.05, 3.63) is 17.1 Å². The van der Waals surface area contributed by atoms with Crippen LogP contribution in [-0.2, 0) is 5.75 Å². The summed E-state index contributed by atoms with van der Waals surface area (Å²) in [6.07, 6.45) is 0. The fourth-order valence-electron chi connectivity index (χ4n) is 1.89. The van der Waals surface area contributed by atoms with Gasteiger partial charge in [-0.15, -0.1) is 0 Å². The minimum Gasteiger partial charge on any atom is -0.308 e. The van der Waals surface area contributed by atoms with Crippen molar-refractivity contribution in [2.45, 2.75) is 46.3 Å². The molecular weight excluding hydrogens is 244 g/mol. The van der Waals surface area contributed by atoms with Gasteiger partial charge in [0.1, 0.15) is 11.6 Å². The van der Waals surface area contributed by atoms with Crippen LogP contribution < -0.4 is 11.3 Å². The van der Waals surface area contributed by atoms with Crippen LogP contribution >= 0.6 is 11.8 Å². The van der Waals surface area contributed by atoms with Gasteiger partial charge in [-0.05, 0) is 24.5 Å². The quantitative estimate of drug-likeness (QED) is 0.613. The largest absolute Gasteiger partial charge is 0.308 e. The number of aryl methyl sites for hydroxylation is 1. The summed E-state index contributed by atoms with van der Waals surface area (Å²) in [5.41, 5.74) is 4.82. The van der Waals surface area contributed by atoms with Gasteiger partial charge in [-0.2, -0.15) is 11.8 Å². The van der Waals surface area contributed by atoms with Crippen molar-refractivity contribution < 1.29 is 0 Å². The first-order chi connectivity index (χ1) is 8.45. The molecule has 0 unspecified atom stereocenters. The normalized spacial score (nSPS) is 11.3. The highest BCUT2D eigenvalue weighted by Gasteiger charge is 2.14. The smallest absolute Gasteiger partial charge is 0.147 e. The fourth-order valence-corrected chi connectivity index (χ4v) is 2.79. The number of thioether (sulfide) groups is 1. The minimum absolute atomic E-state index is 0.369. The SMILES string of the molecule is Cc1nc(CSCC(C)C)nc(NN)c1C(C)C. The molecule has 18 heavy (non-hydrogen) atoms. The Morgan fingerprint density at radius 3 is 2.39 bits per heavy atom. The third-order valence-corrected chi connectivity index (χ3v) is 3.94. The van der Waals surface area contributed by atoms with Crippen molar-refractivity contribution in [3.8, 4) is 0 Å². The van der Waals surface area contributed by atoms with Crippen molar-refractivity contribution >= 4 is 17.6 Å². The van der Waals surface area contributed by atoms with Crippen molar-refractivity contribution in [3.63, 3.8) is 0 Å². The molecule has 0 amide bonds. The second-order valence-electron chi connectivity index (χ2n) is 5.20. The van der Waals surface area contributed by atoms with Crippen LogP contribution in [0.25, 0.3) is 0 Å². The van der Waals surface area contributed by atoms with Crippen LogP contribution in [0.3, 0.4) is 0 Å². The predicted octanol–water partition coefficient (Wildman–Crippen LogP) is 3.08. The van der Waals surface area contributed by atoms with Gasteiger partial charge >= 0.3 is 0 Å². The molecule has 0 spiro atoms. The Kier molecular flexibility index (Phi) is 5.88. The molecule has 0 radical (unpaired) electrons. The van der Waals surface area contributed by atoms with Gasteiger partial charge in [0.2, 0.25) is 0 Å². The summed E-state index contributed by atoms with van der Waals surface area (Å²) < 4.78 is 0. The van der Waals surface area contributed by atoms with Crippen LogP contribution in [0.1, 0.15) is 50.7 Å². The standard InChI is InChI=1S/C13H24N4S/c1-8(2)6-18-7-11-15-10(5)12(9(3)4)13(16-11)17-14/h8-9H,6-7,14H2,1-5H3,(H,15,16,17). The zero-order valence-corrected chi connectivity index (χ0v) is 12.8. The monoisotopic (exact) mass is 268 g/mol. The summed E-state index contributed by atoms with van der Waals surface area (Å²) in [5, 5.41) is 0. The number of nitrogen functional groups attached to an aromatic ring is 1. The molecule has 5 heteroatoms. The van der Waals surface area contributed by atoms with Crippen LogP contribution in [-0.4, -0.2) is 15.7 Å². The Morgan fingerprint density at radius 1 is 1.22 bits per heavy atom. The molecular formula is C13H24N4S. The second kappa shape index (κ2) is 6.95. The fraction of sp³-hybridized carbons (Fsp3) is 0.692. The first-order valence-corrected chi connectivity index (χ1v) is 7.53. The molecule has 0 fully saturated rings. The number of aromatic nitrogens is 2. The lowest BCUT2D eigenvalue weighted by Gasteiger charge is -2.15. The number of hydrogen-bond donors (Lipinski definition) is 2. The Labute approximate surface area is 114 Å². The summed E-state index contributed by atoms with van der Waals surface area (Å²) in [7, 11) is 0. The van der Waals surface area contributed by atoms with E-state index in [1.165, 1.54) is 0 Å². The minimum atomic E-state index is 0.369. The third-order valence-electron chi connectivity index (χ3n) is 2.58. The van der Waals surface area contributed by atoms with Gasteiger partial charge in [-0.1, -0.05) is 27.7 Å². The number of nitrogens with one attached hydrogen (secondary N) is 1. The van der Waals surface area contributed by atoms with E-state index in [4.69, 9.17) is 5.84 Å². The molecule has 4 nitrogen and oxygen atoms in total. The molecule has 0 atom stereocenters. The Balaban J connectivity index is 2.86. The summed E-state index contributed by atoms with van der Waals surface area (Å²) in [5.74, 6) is 10.2. The maximum Gasteiger partial charge on any atom is 0.147 e. The predicted molar refractivity (Wildman–Crippen MR) is 79.7 cm³/mol. The van der Waals surface area contributed by atoms with E-state index >= 15 is 0 Å². The molecule has 3 N–H and O–H groups in total. The van der Waals surface area contributed by atoms with Crippen LogP contribution in [0.5, 0.6) is 0 Å². The van der Waals surface area contributed by atoms with Crippen LogP contribution in [0.2, 0.25) is 0 Å². The number of anilines is 1. The van der Waals surface area contributed by atoms with E-state index in [0.29, 0.717) is 11.8 Å². The molecule has 0 aromatic carbocycles. The van der Waals surface area contributed by atoms with Gasteiger partial charge in [-0.25, -0.2) is 15.8 Å². The van der Waals surface area contributed by atoms with Crippen molar-refractivity contribution in [2.75, 3.05) is 11.2 Å². The Hall–Kier alpha value is -0.810. The third kappa shape index (κ3) is 4.14. The van der Waals surface area contributed by atoms with E-state index in [1.54, 1.807) is 0 Å². The van der Waals surface area contributed by atoms with Gasteiger partial charge in [0.15, 0.2) is 0 Å². The number of rotatable bonds is 6. The molecule has 1 heterocycles. The topological polar surface area (TPSA) is 63.8 Å². The molecule has 0 saturated carbocycles. The Bertz CT molecular complexity index is 391. The number of hydrazine groups is 1. The lowest BCUT2D eigenvalue weighted by molar-refractivity contribution is 0.749. The summed E-state index contributed by atoms with van der Waals surface area (Å²) >= 11 is 1.86. The average Bonchev–Trinajstić information content (AvgIpc) is 2.26. The molecule has 1 aromatic heterocycles. The first kappa shape index (κ1) is 15.2. The van der Waals surface area contributed by atoms with E-state index in [2.05, 4.69) is 43.1 Å².